The molecule has 0 heterocycles. The fourth-order valence-corrected chi connectivity index (χ4v) is 2.48. The first-order chi connectivity index (χ1) is 9.40. The van der Waals surface area contributed by atoms with Gasteiger partial charge in [0.25, 0.3) is 0 Å². The number of ketones is 1. The number of benzene rings is 2. The van der Waals surface area contributed by atoms with Gasteiger partial charge in [-0.05, 0) is 47.5 Å². The molecule has 0 N–H and O–H groups in total. The van der Waals surface area contributed by atoms with Crippen molar-refractivity contribution in [2.24, 2.45) is 0 Å². The summed E-state index contributed by atoms with van der Waals surface area (Å²) in [6.07, 6.45) is -0.291. The van der Waals surface area contributed by atoms with Crippen LogP contribution in [0.2, 0.25) is 0 Å². The molecule has 2 aromatic carbocycles. The van der Waals surface area contributed by atoms with Gasteiger partial charge in [-0.2, -0.15) is 0 Å². The van der Waals surface area contributed by atoms with Crippen LogP contribution in [0.25, 0.3) is 0 Å². The fraction of sp³-hybridized carbons (Fsp3) is 0.188. The van der Waals surface area contributed by atoms with E-state index >= 15 is 0 Å². The van der Waals surface area contributed by atoms with Crippen LogP contribution in [-0.4, -0.2) is 5.78 Å². The van der Waals surface area contributed by atoms with E-state index < -0.39 is 11.6 Å². The van der Waals surface area contributed by atoms with Crippen molar-refractivity contribution in [1.82, 2.24) is 0 Å². The van der Waals surface area contributed by atoms with Crippen molar-refractivity contribution in [2.75, 3.05) is 0 Å². The maximum absolute atomic E-state index is 13.9. The van der Waals surface area contributed by atoms with E-state index in [-0.39, 0.29) is 22.2 Å². The van der Waals surface area contributed by atoms with Crippen molar-refractivity contribution in [3.05, 3.63) is 68.7 Å². The minimum atomic E-state index is -0.719. The number of hydrogen-bond donors (Lipinski definition) is 0. The summed E-state index contributed by atoms with van der Waals surface area (Å²) in [5.41, 5.74) is 2.14. The van der Waals surface area contributed by atoms with E-state index in [0.717, 1.165) is 17.2 Å². The molecule has 0 aliphatic carbocycles. The Morgan fingerprint density at radius 2 is 1.85 bits per heavy atom. The Morgan fingerprint density at radius 1 is 1.15 bits per heavy atom. The van der Waals surface area contributed by atoms with Crippen molar-refractivity contribution in [3.63, 3.8) is 0 Å². The SMILES string of the molecule is Cc1ccc(C(=O)Cc2c(F)ccc(Br)c2F)c(C)c1. The maximum Gasteiger partial charge on any atom is 0.167 e. The molecular weight excluding hydrogens is 326 g/mol. The first-order valence-corrected chi connectivity index (χ1v) is 6.92. The second-order valence-corrected chi connectivity index (χ2v) is 5.59. The Labute approximate surface area is 124 Å². The molecule has 0 fully saturated rings. The minimum Gasteiger partial charge on any atom is -0.294 e. The number of carbonyl (C=O) groups is 1. The lowest BCUT2D eigenvalue weighted by atomic mass is 9.97. The fourth-order valence-electron chi connectivity index (χ4n) is 2.11. The highest BCUT2D eigenvalue weighted by Gasteiger charge is 2.18. The van der Waals surface area contributed by atoms with E-state index in [9.17, 15) is 13.6 Å². The monoisotopic (exact) mass is 338 g/mol. The van der Waals surface area contributed by atoms with E-state index in [2.05, 4.69) is 15.9 Å². The number of Topliss-reactive ketones (excluding diaryl/α,β-unsaturated/α-hetero) is 1. The van der Waals surface area contributed by atoms with Crippen LogP contribution in [0.3, 0.4) is 0 Å². The van der Waals surface area contributed by atoms with Gasteiger partial charge in [0.1, 0.15) is 11.6 Å². The number of carbonyl (C=O) groups excluding carboxylic acids is 1. The topological polar surface area (TPSA) is 17.1 Å². The zero-order chi connectivity index (χ0) is 14.9. The van der Waals surface area contributed by atoms with Gasteiger partial charge in [0, 0.05) is 17.5 Å². The molecule has 0 bridgehead atoms. The summed E-state index contributed by atoms with van der Waals surface area (Å²) in [4.78, 5) is 12.2. The van der Waals surface area contributed by atoms with Crippen LogP contribution >= 0.6 is 15.9 Å². The quantitative estimate of drug-likeness (QED) is 0.582. The Morgan fingerprint density at radius 3 is 2.50 bits per heavy atom. The summed E-state index contributed by atoms with van der Waals surface area (Å²) in [5.74, 6) is -1.72. The van der Waals surface area contributed by atoms with Gasteiger partial charge in [-0.3, -0.25) is 4.79 Å². The highest BCUT2D eigenvalue weighted by molar-refractivity contribution is 9.10. The Kier molecular flexibility index (Phi) is 4.33. The molecule has 0 aliphatic heterocycles. The van der Waals surface area contributed by atoms with E-state index in [1.54, 1.807) is 6.07 Å². The van der Waals surface area contributed by atoms with Gasteiger partial charge in [-0.15, -0.1) is 0 Å². The van der Waals surface area contributed by atoms with Gasteiger partial charge in [0.2, 0.25) is 0 Å². The van der Waals surface area contributed by atoms with Gasteiger partial charge in [-0.1, -0.05) is 23.8 Å². The number of rotatable bonds is 3. The van der Waals surface area contributed by atoms with E-state index in [1.165, 1.54) is 6.07 Å². The van der Waals surface area contributed by atoms with Crippen molar-refractivity contribution < 1.29 is 13.6 Å². The van der Waals surface area contributed by atoms with Crippen LogP contribution in [0.5, 0.6) is 0 Å². The standard InChI is InChI=1S/C16H13BrF2O/c1-9-3-4-11(10(2)7-9)15(20)8-12-14(18)6-5-13(17)16(12)19/h3-7H,8H2,1-2H3. The van der Waals surface area contributed by atoms with Gasteiger partial charge >= 0.3 is 0 Å². The molecule has 0 aliphatic rings. The molecule has 0 atom stereocenters. The minimum absolute atomic E-state index is 0.155. The molecule has 2 rings (SSSR count). The van der Waals surface area contributed by atoms with Gasteiger partial charge in [-0.25, -0.2) is 8.78 Å². The third kappa shape index (κ3) is 2.96. The van der Waals surface area contributed by atoms with Crippen LogP contribution < -0.4 is 0 Å². The zero-order valence-corrected chi connectivity index (χ0v) is 12.7. The average Bonchev–Trinajstić information content (AvgIpc) is 2.39. The van der Waals surface area contributed by atoms with Crippen molar-refractivity contribution in [3.8, 4) is 0 Å². The lowest BCUT2D eigenvalue weighted by Gasteiger charge is -2.08. The molecule has 0 saturated carbocycles. The second-order valence-electron chi connectivity index (χ2n) is 4.74. The molecule has 1 nitrogen and oxygen atoms in total. The number of aryl methyl sites for hydroxylation is 2. The summed E-state index contributed by atoms with van der Waals surface area (Å²) in [5, 5.41) is 0. The molecule has 0 radical (unpaired) electrons. The number of hydrogen-bond acceptors (Lipinski definition) is 1. The van der Waals surface area contributed by atoms with E-state index in [1.807, 2.05) is 26.0 Å². The Hall–Kier alpha value is -1.55. The van der Waals surface area contributed by atoms with Crippen LogP contribution in [0, 0.1) is 25.5 Å². The third-order valence-corrected chi connectivity index (χ3v) is 3.77. The molecule has 0 unspecified atom stereocenters. The van der Waals surface area contributed by atoms with Crippen molar-refractivity contribution in [1.29, 1.82) is 0 Å². The molecule has 20 heavy (non-hydrogen) atoms. The summed E-state index contributed by atoms with van der Waals surface area (Å²) in [6, 6.07) is 7.82. The average molecular weight is 339 g/mol. The second kappa shape index (κ2) is 5.83. The lowest BCUT2D eigenvalue weighted by Crippen LogP contribution is -2.09. The van der Waals surface area contributed by atoms with Gasteiger partial charge in [0.15, 0.2) is 5.78 Å². The largest absolute Gasteiger partial charge is 0.294 e. The zero-order valence-electron chi connectivity index (χ0n) is 11.1. The summed E-state index contributed by atoms with van der Waals surface area (Å²) < 4.78 is 27.7. The molecule has 0 aromatic heterocycles. The normalized spacial score (nSPS) is 10.7. The highest BCUT2D eigenvalue weighted by atomic mass is 79.9. The predicted molar refractivity (Wildman–Crippen MR) is 78.0 cm³/mol. The molecule has 0 amide bonds. The lowest BCUT2D eigenvalue weighted by molar-refractivity contribution is 0.0990. The Bertz CT molecular complexity index is 680. The highest BCUT2D eigenvalue weighted by Crippen LogP contribution is 2.23. The van der Waals surface area contributed by atoms with Crippen LogP contribution in [0.1, 0.15) is 27.0 Å². The molecule has 104 valence electrons. The summed E-state index contributed by atoms with van der Waals surface area (Å²) >= 11 is 3.00. The molecule has 4 heteroatoms. The molecule has 0 saturated heterocycles. The van der Waals surface area contributed by atoms with Crippen molar-refractivity contribution in [2.45, 2.75) is 20.3 Å². The molecule has 2 aromatic rings. The maximum atomic E-state index is 13.9. The van der Waals surface area contributed by atoms with E-state index in [4.69, 9.17) is 0 Å². The molecule has 0 spiro atoms. The summed E-state index contributed by atoms with van der Waals surface area (Å²) in [6.45, 7) is 3.74. The first kappa shape index (κ1) is 14.9. The smallest absolute Gasteiger partial charge is 0.167 e. The van der Waals surface area contributed by atoms with Crippen molar-refractivity contribution >= 4 is 21.7 Å². The van der Waals surface area contributed by atoms with Gasteiger partial charge in [0.05, 0.1) is 4.47 Å². The Balaban J connectivity index is 2.35. The van der Waals surface area contributed by atoms with Crippen LogP contribution in [0.4, 0.5) is 8.78 Å². The third-order valence-electron chi connectivity index (χ3n) is 3.16. The predicted octanol–water partition coefficient (Wildman–Crippen LogP) is 4.77. The molecular formula is C16H13BrF2O. The summed E-state index contributed by atoms with van der Waals surface area (Å²) in [7, 11) is 0. The van der Waals surface area contributed by atoms with Gasteiger partial charge < -0.3 is 0 Å². The van der Waals surface area contributed by atoms with Crippen LogP contribution in [-0.2, 0) is 6.42 Å². The van der Waals surface area contributed by atoms with Crippen LogP contribution in [0.15, 0.2) is 34.8 Å². The number of halogens is 3. The first-order valence-electron chi connectivity index (χ1n) is 6.13. The van der Waals surface area contributed by atoms with E-state index in [0.29, 0.717) is 5.56 Å².